The Labute approximate surface area is 167 Å². The van der Waals surface area contributed by atoms with Crippen LogP contribution >= 0.6 is 0 Å². The number of carbonyl (C=O) groups is 4. The SMILES string of the molecule is CC(O)C(=O)O.CC(O)C(=O)O.CC(O)C(=O)O.CC(O)C(=O)O.[H-].[Na+]. The fourth-order valence-corrected chi connectivity index (χ4v) is 0. The topological polar surface area (TPSA) is 230 Å². The van der Waals surface area contributed by atoms with Gasteiger partial charge in [0.05, 0.1) is 0 Å². The molecule has 0 radical (unpaired) electrons. The quantitative estimate of drug-likeness (QED) is 0.213. The molecular formula is C12H25NaO12. The Kier molecular flexibility index (Phi) is 29.0. The molecule has 0 saturated carbocycles. The maximum absolute atomic E-state index is 9.45. The summed E-state index contributed by atoms with van der Waals surface area (Å²) < 4.78 is 0. The third-order valence-electron chi connectivity index (χ3n) is 1.43. The number of rotatable bonds is 4. The number of aliphatic hydroxyl groups is 4. The average Bonchev–Trinajstić information content (AvgIpc) is 2.40. The first-order valence-electron chi connectivity index (χ1n) is 6.21. The van der Waals surface area contributed by atoms with Gasteiger partial charge in [-0.15, -0.1) is 0 Å². The number of aliphatic carboxylic acids is 4. The maximum Gasteiger partial charge on any atom is 1.00 e. The Morgan fingerprint density at radius 3 is 0.560 bits per heavy atom. The van der Waals surface area contributed by atoms with Crippen LogP contribution in [0.2, 0.25) is 0 Å². The molecule has 0 saturated heterocycles. The molecule has 0 fully saturated rings. The van der Waals surface area contributed by atoms with E-state index < -0.39 is 48.3 Å². The Balaban J connectivity index is -0.0000000500. The van der Waals surface area contributed by atoms with Gasteiger partial charge in [-0.3, -0.25) is 0 Å². The van der Waals surface area contributed by atoms with Crippen LogP contribution in [0.1, 0.15) is 29.1 Å². The number of carboxylic acid groups (broad SMARTS) is 4. The summed E-state index contributed by atoms with van der Waals surface area (Å²) >= 11 is 0. The second-order valence-electron chi connectivity index (χ2n) is 4.06. The average molecular weight is 384 g/mol. The van der Waals surface area contributed by atoms with E-state index >= 15 is 0 Å². The Morgan fingerprint density at radius 2 is 0.560 bits per heavy atom. The molecule has 0 bridgehead atoms. The summed E-state index contributed by atoms with van der Waals surface area (Å²) in [4.78, 5) is 37.8. The molecule has 0 aliphatic rings. The standard InChI is InChI=1S/4C3H6O3.Na.H/c4*1-2(4)3(5)6;;/h4*2,4H,1H3,(H,5,6);;/q;;;;+1;-1. The van der Waals surface area contributed by atoms with Crippen molar-refractivity contribution in [1.29, 1.82) is 0 Å². The van der Waals surface area contributed by atoms with E-state index in [4.69, 9.17) is 40.9 Å². The van der Waals surface area contributed by atoms with Gasteiger partial charge < -0.3 is 42.3 Å². The number of hydrogen-bond acceptors (Lipinski definition) is 8. The first-order valence-corrected chi connectivity index (χ1v) is 6.21. The first kappa shape index (κ1) is 34.9. The third-order valence-corrected chi connectivity index (χ3v) is 1.43. The van der Waals surface area contributed by atoms with Crippen molar-refractivity contribution in [3.05, 3.63) is 0 Å². The van der Waals surface area contributed by atoms with Crippen LogP contribution in [0.15, 0.2) is 0 Å². The summed E-state index contributed by atoms with van der Waals surface area (Å²) in [6, 6.07) is 0. The van der Waals surface area contributed by atoms with Gasteiger partial charge in [0.1, 0.15) is 24.4 Å². The molecule has 0 aliphatic heterocycles. The van der Waals surface area contributed by atoms with E-state index in [1.165, 1.54) is 27.7 Å². The summed E-state index contributed by atoms with van der Waals surface area (Å²) in [5, 5.41) is 63.1. The number of aliphatic hydroxyl groups excluding tert-OH is 4. The summed E-state index contributed by atoms with van der Waals surface area (Å²) in [6.45, 7) is 4.79. The van der Waals surface area contributed by atoms with Crippen molar-refractivity contribution in [3.63, 3.8) is 0 Å². The van der Waals surface area contributed by atoms with Gasteiger partial charge in [0, 0.05) is 0 Å². The largest absolute Gasteiger partial charge is 1.00 e. The van der Waals surface area contributed by atoms with Gasteiger partial charge in [-0.05, 0) is 27.7 Å². The molecule has 0 aromatic carbocycles. The molecule has 13 heteroatoms. The van der Waals surface area contributed by atoms with E-state index in [1.54, 1.807) is 0 Å². The summed E-state index contributed by atoms with van der Waals surface area (Å²) in [6.07, 6.45) is -4.93. The van der Waals surface area contributed by atoms with E-state index in [-0.39, 0.29) is 31.0 Å². The Morgan fingerprint density at radius 1 is 0.520 bits per heavy atom. The zero-order chi connectivity index (χ0) is 20.6. The minimum Gasteiger partial charge on any atom is -1.00 e. The van der Waals surface area contributed by atoms with Crippen LogP contribution in [0.25, 0.3) is 0 Å². The van der Waals surface area contributed by atoms with Gasteiger partial charge in [-0.25, -0.2) is 19.2 Å². The molecule has 0 rings (SSSR count). The van der Waals surface area contributed by atoms with E-state index in [0.29, 0.717) is 0 Å². The smallest absolute Gasteiger partial charge is 1.00 e. The second kappa shape index (κ2) is 20.8. The van der Waals surface area contributed by atoms with Crippen molar-refractivity contribution in [3.8, 4) is 0 Å². The third kappa shape index (κ3) is 45.0. The van der Waals surface area contributed by atoms with Crippen LogP contribution in [-0.4, -0.2) is 89.1 Å². The van der Waals surface area contributed by atoms with Gasteiger partial charge in [0.2, 0.25) is 0 Å². The molecule has 4 unspecified atom stereocenters. The van der Waals surface area contributed by atoms with Gasteiger partial charge in [0.15, 0.2) is 0 Å². The van der Waals surface area contributed by atoms with Gasteiger partial charge in [-0.2, -0.15) is 0 Å². The summed E-state index contributed by atoms with van der Waals surface area (Å²) in [5.74, 6) is -4.74. The van der Waals surface area contributed by atoms with E-state index in [0.717, 1.165) is 0 Å². The Hall–Kier alpha value is -1.28. The van der Waals surface area contributed by atoms with Crippen LogP contribution in [-0.2, 0) is 19.2 Å². The molecule has 0 aromatic heterocycles. The molecule has 0 aromatic rings. The molecule has 0 amide bonds. The van der Waals surface area contributed by atoms with Crippen LogP contribution in [0.5, 0.6) is 0 Å². The zero-order valence-corrected chi connectivity index (χ0v) is 16.5. The molecule has 0 aliphatic carbocycles. The zero-order valence-electron chi connectivity index (χ0n) is 15.5. The Bertz CT molecular complexity index is 312. The summed E-state index contributed by atoms with van der Waals surface area (Å²) in [7, 11) is 0. The van der Waals surface area contributed by atoms with E-state index in [9.17, 15) is 19.2 Å². The van der Waals surface area contributed by atoms with Crippen molar-refractivity contribution >= 4 is 23.9 Å². The number of carboxylic acids is 4. The predicted octanol–water partition coefficient (Wildman–Crippen LogP) is -5.08. The van der Waals surface area contributed by atoms with Crippen molar-refractivity contribution in [2.45, 2.75) is 52.1 Å². The van der Waals surface area contributed by atoms with Gasteiger partial charge in [0.25, 0.3) is 0 Å². The van der Waals surface area contributed by atoms with Crippen molar-refractivity contribution < 1.29 is 91.0 Å². The van der Waals surface area contributed by atoms with Crippen molar-refractivity contribution in [2.24, 2.45) is 0 Å². The van der Waals surface area contributed by atoms with Gasteiger partial charge in [-0.1, -0.05) is 0 Å². The van der Waals surface area contributed by atoms with E-state index in [2.05, 4.69) is 0 Å². The summed E-state index contributed by atoms with van der Waals surface area (Å²) in [5.41, 5.74) is 0. The fourth-order valence-electron chi connectivity index (χ4n) is 0. The normalized spacial score (nSPS) is 13.1. The molecule has 0 heterocycles. The maximum atomic E-state index is 9.45. The van der Waals surface area contributed by atoms with Crippen LogP contribution < -0.4 is 29.6 Å². The minimum absolute atomic E-state index is 0. The molecule has 12 nitrogen and oxygen atoms in total. The second-order valence-corrected chi connectivity index (χ2v) is 4.06. The van der Waals surface area contributed by atoms with Gasteiger partial charge >= 0.3 is 53.4 Å². The molecular weight excluding hydrogens is 359 g/mol. The molecule has 25 heavy (non-hydrogen) atoms. The number of hydrogen-bond donors (Lipinski definition) is 8. The fraction of sp³-hybridized carbons (Fsp3) is 0.667. The van der Waals surface area contributed by atoms with Crippen molar-refractivity contribution in [2.75, 3.05) is 0 Å². The van der Waals surface area contributed by atoms with E-state index in [1.807, 2.05) is 0 Å². The predicted molar refractivity (Wildman–Crippen MR) is 78.4 cm³/mol. The molecule has 4 atom stereocenters. The van der Waals surface area contributed by atoms with Crippen LogP contribution in [0.4, 0.5) is 0 Å². The molecule has 0 spiro atoms. The molecule has 146 valence electrons. The van der Waals surface area contributed by atoms with Crippen LogP contribution in [0.3, 0.4) is 0 Å². The molecule has 8 N–H and O–H groups in total. The first-order chi connectivity index (χ1) is 10.6. The van der Waals surface area contributed by atoms with Crippen LogP contribution in [0, 0.1) is 0 Å². The minimum atomic E-state index is -1.23. The van der Waals surface area contributed by atoms with Crippen molar-refractivity contribution in [1.82, 2.24) is 0 Å². The monoisotopic (exact) mass is 384 g/mol.